The van der Waals surface area contributed by atoms with Crippen LogP contribution in [0.1, 0.15) is 16.8 Å². The summed E-state index contributed by atoms with van der Waals surface area (Å²) in [5, 5.41) is 8.71. The highest BCUT2D eigenvalue weighted by Gasteiger charge is 2.17. The van der Waals surface area contributed by atoms with Crippen LogP contribution in [0, 0.1) is 0 Å². The molecular formula is C10H11NO3S. The quantitative estimate of drug-likeness (QED) is 0.831. The molecule has 0 saturated carbocycles. The standard InChI is InChI=1S/C10H11NO3S/c12-10(13)8-2-4-9(5-3-8)15(14)7-1-6-11-15/h2-5H,1,6-7H2,(H,12,13). The SMILES string of the molecule is O=C(O)c1ccc(S2(=O)=NCCC2)cc1. The van der Waals surface area contributed by atoms with Gasteiger partial charge in [-0.2, -0.15) is 0 Å². The molecule has 0 amide bonds. The molecular weight excluding hydrogens is 214 g/mol. The third-order valence-electron chi connectivity index (χ3n) is 2.35. The molecule has 0 aromatic heterocycles. The van der Waals surface area contributed by atoms with Crippen LogP contribution in [-0.4, -0.2) is 27.6 Å². The zero-order valence-corrected chi connectivity index (χ0v) is 8.87. The molecule has 5 heteroatoms. The number of nitrogens with zero attached hydrogens (tertiary/aromatic N) is 1. The van der Waals surface area contributed by atoms with Crippen LogP contribution >= 0.6 is 0 Å². The van der Waals surface area contributed by atoms with E-state index < -0.39 is 15.7 Å². The van der Waals surface area contributed by atoms with Crippen LogP contribution in [0.25, 0.3) is 0 Å². The first-order valence-corrected chi connectivity index (χ1v) is 6.34. The maximum atomic E-state index is 12.2. The first-order chi connectivity index (χ1) is 7.12. The van der Waals surface area contributed by atoms with Crippen LogP contribution in [0.3, 0.4) is 0 Å². The Morgan fingerprint density at radius 3 is 2.47 bits per heavy atom. The zero-order valence-electron chi connectivity index (χ0n) is 8.05. The predicted octanol–water partition coefficient (Wildman–Crippen LogP) is 1.62. The Hall–Kier alpha value is -1.36. The molecule has 4 nitrogen and oxygen atoms in total. The number of carboxylic acid groups (broad SMARTS) is 1. The van der Waals surface area contributed by atoms with Gasteiger partial charge in [0.2, 0.25) is 0 Å². The number of benzene rings is 1. The molecule has 1 aromatic carbocycles. The van der Waals surface area contributed by atoms with Gasteiger partial charge in [-0.3, -0.25) is 0 Å². The smallest absolute Gasteiger partial charge is 0.335 e. The number of carbonyl (C=O) groups is 1. The van der Waals surface area contributed by atoms with Crippen molar-refractivity contribution in [1.82, 2.24) is 0 Å². The topological polar surface area (TPSA) is 66.7 Å². The van der Waals surface area contributed by atoms with Crippen molar-refractivity contribution in [2.75, 3.05) is 12.3 Å². The maximum absolute atomic E-state index is 12.2. The molecule has 1 atom stereocenters. The summed E-state index contributed by atoms with van der Waals surface area (Å²) in [6.07, 6.45) is 0.847. The maximum Gasteiger partial charge on any atom is 0.335 e. The number of hydrogen-bond donors (Lipinski definition) is 1. The van der Waals surface area contributed by atoms with Gasteiger partial charge < -0.3 is 5.11 Å². The van der Waals surface area contributed by atoms with Gasteiger partial charge >= 0.3 is 5.97 Å². The Balaban J connectivity index is 2.40. The fourth-order valence-electron chi connectivity index (χ4n) is 1.54. The molecule has 0 saturated heterocycles. The number of aromatic carboxylic acids is 1. The normalized spacial score (nSPS) is 24.8. The number of carboxylic acids is 1. The lowest BCUT2D eigenvalue weighted by Gasteiger charge is -2.03. The summed E-state index contributed by atoms with van der Waals surface area (Å²) >= 11 is 0. The molecule has 2 rings (SSSR count). The lowest BCUT2D eigenvalue weighted by molar-refractivity contribution is 0.0697. The van der Waals surface area contributed by atoms with Crippen molar-refractivity contribution in [1.29, 1.82) is 0 Å². The van der Waals surface area contributed by atoms with E-state index in [-0.39, 0.29) is 5.56 Å². The molecule has 1 aliphatic heterocycles. The van der Waals surface area contributed by atoms with Crippen molar-refractivity contribution < 1.29 is 14.1 Å². The summed E-state index contributed by atoms with van der Waals surface area (Å²) in [5.74, 6) is -0.390. The summed E-state index contributed by atoms with van der Waals surface area (Å²) in [6, 6.07) is 6.14. The molecule has 80 valence electrons. The second-order valence-electron chi connectivity index (χ2n) is 3.38. The molecule has 0 radical (unpaired) electrons. The van der Waals surface area contributed by atoms with E-state index in [4.69, 9.17) is 5.11 Å². The molecule has 0 fully saturated rings. The number of rotatable bonds is 2. The Labute approximate surface area is 88.1 Å². The van der Waals surface area contributed by atoms with E-state index in [0.717, 1.165) is 6.42 Å². The second-order valence-corrected chi connectivity index (χ2v) is 5.80. The largest absolute Gasteiger partial charge is 0.478 e. The van der Waals surface area contributed by atoms with E-state index in [1.165, 1.54) is 12.1 Å². The van der Waals surface area contributed by atoms with E-state index >= 15 is 0 Å². The molecule has 0 aliphatic carbocycles. The first kappa shape index (κ1) is 10.2. The van der Waals surface area contributed by atoms with Gasteiger partial charge in [0, 0.05) is 17.2 Å². The van der Waals surface area contributed by atoms with Crippen LogP contribution in [0.2, 0.25) is 0 Å². The summed E-state index contributed by atoms with van der Waals surface area (Å²) < 4.78 is 16.2. The van der Waals surface area contributed by atoms with E-state index in [2.05, 4.69) is 4.36 Å². The minimum Gasteiger partial charge on any atom is -0.478 e. The summed E-state index contributed by atoms with van der Waals surface area (Å²) in [5.41, 5.74) is 0.208. The highest BCUT2D eigenvalue weighted by Crippen LogP contribution is 2.20. The van der Waals surface area contributed by atoms with Crippen molar-refractivity contribution in [2.24, 2.45) is 4.36 Å². The van der Waals surface area contributed by atoms with Gasteiger partial charge in [-0.15, -0.1) is 0 Å². The second kappa shape index (κ2) is 3.66. The van der Waals surface area contributed by atoms with Crippen LogP contribution in [-0.2, 0) is 9.73 Å². The minimum absolute atomic E-state index is 0.208. The number of hydrogen-bond acceptors (Lipinski definition) is 3. The van der Waals surface area contributed by atoms with E-state index in [1.54, 1.807) is 12.1 Å². The lowest BCUT2D eigenvalue weighted by Crippen LogP contribution is -2.02. The Morgan fingerprint density at radius 2 is 2.00 bits per heavy atom. The fraction of sp³-hybridized carbons (Fsp3) is 0.300. The van der Waals surface area contributed by atoms with Crippen LogP contribution in [0.15, 0.2) is 33.5 Å². The van der Waals surface area contributed by atoms with Crippen LogP contribution < -0.4 is 0 Å². The molecule has 0 bridgehead atoms. The Kier molecular flexibility index (Phi) is 2.48. The highest BCUT2D eigenvalue weighted by molar-refractivity contribution is 7.93. The monoisotopic (exact) mass is 225 g/mol. The van der Waals surface area contributed by atoms with Crippen LogP contribution in [0.4, 0.5) is 0 Å². The van der Waals surface area contributed by atoms with E-state index in [1.807, 2.05) is 0 Å². The van der Waals surface area contributed by atoms with Gasteiger partial charge in [-0.05, 0) is 30.7 Å². The average molecular weight is 225 g/mol. The third kappa shape index (κ3) is 1.87. The minimum atomic E-state index is -2.24. The average Bonchev–Trinajstić information content (AvgIpc) is 2.67. The van der Waals surface area contributed by atoms with Gasteiger partial charge in [0.05, 0.1) is 15.3 Å². The van der Waals surface area contributed by atoms with Crippen molar-refractivity contribution in [3.05, 3.63) is 29.8 Å². The zero-order chi connectivity index (χ0) is 10.9. The Morgan fingerprint density at radius 1 is 1.33 bits per heavy atom. The van der Waals surface area contributed by atoms with Gasteiger partial charge in [-0.25, -0.2) is 13.4 Å². The van der Waals surface area contributed by atoms with E-state index in [0.29, 0.717) is 17.2 Å². The van der Waals surface area contributed by atoms with Gasteiger partial charge in [0.25, 0.3) is 0 Å². The molecule has 15 heavy (non-hydrogen) atoms. The van der Waals surface area contributed by atoms with Crippen LogP contribution in [0.5, 0.6) is 0 Å². The molecule has 1 aliphatic rings. The molecule has 1 heterocycles. The van der Waals surface area contributed by atoms with E-state index in [9.17, 15) is 9.00 Å². The summed E-state index contributed by atoms with van der Waals surface area (Å²) in [6.45, 7) is 0.638. The molecule has 1 unspecified atom stereocenters. The summed E-state index contributed by atoms with van der Waals surface area (Å²) in [7, 11) is -2.24. The van der Waals surface area contributed by atoms with Crippen molar-refractivity contribution >= 4 is 15.7 Å². The van der Waals surface area contributed by atoms with Gasteiger partial charge in [0.15, 0.2) is 0 Å². The van der Waals surface area contributed by atoms with Crippen molar-refractivity contribution in [2.45, 2.75) is 11.3 Å². The first-order valence-electron chi connectivity index (χ1n) is 4.66. The van der Waals surface area contributed by atoms with Crippen molar-refractivity contribution in [3.8, 4) is 0 Å². The predicted molar refractivity (Wildman–Crippen MR) is 56.6 cm³/mol. The Bertz CT molecular complexity index is 498. The molecule has 1 N–H and O–H groups in total. The summed E-state index contributed by atoms with van der Waals surface area (Å²) in [4.78, 5) is 11.3. The van der Waals surface area contributed by atoms with Gasteiger partial charge in [-0.1, -0.05) is 0 Å². The third-order valence-corrected chi connectivity index (χ3v) is 4.80. The molecule has 1 aromatic rings. The fourth-order valence-corrected chi connectivity index (χ4v) is 3.56. The lowest BCUT2D eigenvalue weighted by atomic mass is 10.2. The highest BCUT2D eigenvalue weighted by atomic mass is 32.2. The molecule has 0 spiro atoms. The van der Waals surface area contributed by atoms with Crippen molar-refractivity contribution in [3.63, 3.8) is 0 Å². The van der Waals surface area contributed by atoms with Gasteiger partial charge in [0.1, 0.15) is 0 Å².